The van der Waals surface area contributed by atoms with E-state index in [0.29, 0.717) is 11.0 Å². The molecule has 3 heterocycles. The van der Waals surface area contributed by atoms with Gasteiger partial charge in [-0.1, -0.05) is 20.8 Å². The molecule has 3 rings (SSSR count). The Balaban J connectivity index is 1.36. The molecule has 0 aliphatic carbocycles. The summed E-state index contributed by atoms with van der Waals surface area (Å²) in [4.78, 5) is 8.19. The van der Waals surface area contributed by atoms with E-state index in [9.17, 15) is 0 Å². The molecule has 0 spiro atoms. The topological polar surface area (TPSA) is 9.72 Å². The zero-order chi connectivity index (χ0) is 18.2. The van der Waals surface area contributed by atoms with Gasteiger partial charge in [-0.25, -0.2) is 0 Å². The molecule has 0 bridgehead atoms. The molecule has 3 saturated heterocycles. The highest BCUT2D eigenvalue weighted by molar-refractivity contribution is 4.92. The Labute approximate surface area is 157 Å². The standard InChI is InChI=1S/C22H43N3/c1-21(2,3)17-23-15-19(16-23)18-7-11-24(12-8-18)20-9-13-25(14-10-20)22(4,5)6/h18-20H,7-17H2,1-6H3. The fourth-order valence-corrected chi connectivity index (χ4v) is 5.37. The van der Waals surface area contributed by atoms with Crippen molar-refractivity contribution in [3.05, 3.63) is 0 Å². The highest BCUT2D eigenvalue weighted by atomic mass is 15.2. The van der Waals surface area contributed by atoms with Crippen LogP contribution in [-0.4, -0.2) is 72.1 Å². The van der Waals surface area contributed by atoms with Crippen molar-refractivity contribution in [2.45, 2.75) is 78.8 Å². The van der Waals surface area contributed by atoms with E-state index in [1.807, 2.05) is 0 Å². The fraction of sp³-hybridized carbons (Fsp3) is 1.00. The van der Waals surface area contributed by atoms with Gasteiger partial charge in [-0.05, 0) is 76.8 Å². The Bertz CT molecular complexity index is 412. The van der Waals surface area contributed by atoms with Crippen molar-refractivity contribution in [3.63, 3.8) is 0 Å². The van der Waals surface area contributed by atoms with Crippen molar-refractivity contribution < 1.29 is 0 Å². The molecule has 25 heavy (non-hydrogen) atoms. The van der Waals surface area contributed by atoms with Crippen LogP contribution in [0.5, 0.6) is 0 Å². The monoisotopic (exact) mass is 349 g/mol. The maximum absolute atomic E-state index is 2.84. The lowest BCUT2D eigenvalue weighted by molar-refractivity contribution is -0.00664. The third-order valence-electron chi connectivity index (χ3n) is 6.85. The molecule has 3 nitrogen and oxygen atoms in total. The molecule has 0 aromatic rings. The molecular formula is C22H43N3. The highest BCUT2D eigenvalue weighted by Gasteiger charge is 2.38. The van der Waals surface area contributed by atoms with Crippen LogP contribution in [0, 0.1) is 17.3 Å². The van der Waals surface area contributed by atoms with Gasteiger partial charge in [-0.3, -0.25) is 4.90 Å². The van der Waals surface area contributed by atoms with E-state index in [1.54, 1.807) is 0 Å². The van der Waals surface area contributed by atoms with E-state index in [2.05, 4.69) is 56.2 Å². The van der Waals surface area contributed by atoms with Crippen LogP contribution in [-0.2, 0) is 0 Å². The lowest BCUT2D eigenvalue weighted by atomic mass is 9.78. The smallest absolute Gasteiger partial charge is 0.0125 e. The first-order valence-electron chi connectivity index (χ1n) is 10.8. The van der Waals surface area contributed by atoms with E-state index in [1.165, 1.54) is 71.5 Å². The van der Waals surface area contributed by atoms with Gasteiger partial charge in [0.2, 0.25) is 0 Å². The van der Waals surface area contributed by atoms with Gasteiger partial charge in [0.25, 0.3) is 0 Å². The maximum Gasteiger partial charge on any atom is 0.0125 e. The van der Waals surface area contributed by atoms with Crippen LogP contribution < -0.4 is 0 Å². The van der Waals surface area contributed by atoms with Crippen LogP contribution in [0.3, 0.4) is 0 Å². The number of piperidine rings is 2. The van der Waals surface area contributed by atoms with E-state index >= 15 is 0 Å². The predicted molar refractivity (Wildman–Crippen MR) is 108 cm³/mol. The number of rotatable bonds is 3. The van der Waals surface area contributed by atoms with Gasteiger partial charge in [0, 0.05) is 44.3 Å². The molecule has 0 aromatic heterocycles. The van der Waals surface area contributed by atoms with Crippen LogP contribution in [0.2, 0.25) is 0 Å². The van der Waals surface area contributed by atoms with E-state index < -0.39 is 0 Å². The summed E-state index contributed by atoms with van der Waals surface area (Å²) in [5.74, 6) is 1.99. The summed E-state index contributed by atoms with van der Waals surface area (Å²) in [6, 6.07) is 0.860. The molecular weight excluding hydrogens is 306 g/mol. The van der Waals surface area contributed by atoms with Crippen molar-refractivity contribution in [3.8, 4) is 0 Å². The minimum absolute atomic E-state index is 0.348. The summed E-state index contributed by atoms with van der Waals surface area (Å²) < 4.78 is 0. The van der Waals surface area contributed by atoms with Gasteiger partial charge in [-0.2, -0.15) is 0 Å². The molecule has 0 radical (unpaired) electrons. The van der Waals surface area contributed by atoms with Crippen molar-refractivity contribution >= 4 is 0 Å². The summed E-state index contributed by atoms with van der Waals surface area (Å²) in [5.41, 5.74) is 0.803. The molecule has 0 saturated carbocycles. The predicted octanol–water partition coefficient (Wildman–Crippen LogP) is 3.94. The molecule has 0 N–H and O–H groups in total. The normalized spacial score (nSPS) is 27.6. The first kappa shape index (κ1) is 19.6. The third-order valence-corrected chi connectivity index (χ3v) is 6.85. The Kier molecular flexibility index (Phi) is 5.88. The summed E-state index contributed by atoms with van der Waals surface area (Å²) in [6.07, 6.45) is 5.66. The van der Waals surface area contributed by atoms with Crippen LogP contribution >= 0.6 is 0 Å². The minimum Gasteiger partial charge on any atom is -0.302 e. The van der Waals surface area contributed by atoms with Gasteiger partial charge in [0.1, 0.15) is 0 Å². The fourth-order valence-electron chi connectivity index (χ4n) is 5.37. The first-order chi connectivity index (χ1) is 11.6. The van der Waals surface area contributed by atoms with Crippen molar-refractivity contribution in [1.29, 1.82) is 0 Å². The molecule has 0 unspecified atom stereocenters. The molecule has 3 heteroatoms. The maximum atomic E-state index is 2.84. The van der Waals surface area contributed by atoms with Gasteiger partial charge in [-0.15, -0.1) is 0 Å². The Morgan fingerprint density at radius 3 is 1.76 bits per heavy atom. The zero-order valence-electron chi connectivity index (χ0n) is 17.9. The summed E-state index contributed by atoms with van der Waals surface area (Å²) in [7, 11) is 0. The average molecular weight is 350 g/mol. The summed E-state index contributed by atoms with van der Waals surface area (Å²) in [6.45, 7) is 23.5. The minimum atomic E-state index is 0.348. The second kappa shape index (κ2) is 7.48. The second-order valence-corrected chi connectivity index (χ2v) is 11.3. The molecule has 0 aromatic carbocycles. The van der Waals surface area contributed by atoms with Crippen LogP contribution in [0.4, 0.5) is 0 Å². The summed E-state index contributed by atoms with van der Waals surface area (Å²) in [5, 5.41) is 0. The largest absolute Gasteiger partial charge is 0.302 e. The lowest BCUT2D eigenvalue weighted by Crippen LogP contribution is -2.55. The highest BCUT2D eigenvalue weighted by Crippen LogP contribution is 2.35. The Morgan fingerprint density at radius 1 is 0.720 bits per heavy atom. The van der Waals surface area contributed by atoms with Gasteiger partial charge in [0.15, 0.2) is 0 Å². The molecule has 3 fully saturated rings. The Morgan fingerprint density at radius 2 is 1.28 bits per heavy atom. The number of hydrogen-bond acceptors (Lipinski definition) is 3. The number of hydrogen-bond donors (Lipinski definition) is 0. The van der Waals surface area contributed by atoms with Crippen molar-refractivity contribution in [2.24, 2.45) is 17.3 Å². The lowest BCUT2D eigenvalue weighted by Gasteiger charge is -2.49. The number of nitrogens with zero attached hydrogens (tertiary/aromatic N) is 3. The van der Waals surface area contributed by atoms with E-state index in [4.69, 9.17) is 0 Å². The molecule has 146 valence electrons. The van der Waals surface area contributed by atoms with Gasteiger partial charge in [0.05, 0.1) is 0 Å². The average Bonchev–Trinajstić information content (AvgIpc) is 2.49. The quantitative estimate of drug-likeness (QED) is 0.764. The number of likely N-dealkylation sites (tertiary alicyclic amines) is 3. The molecule has 3 aliphatic rings. The van der Waals surface area contributed by atoms with E-state index in [-0.39, 0.29) is 0 Å². The third kappa shape index (κ3) is 5.20. The van der Waals surface area contributed by atoms with Gasteiger partial charge < -0.3 is 9.80 Å². The van der Waals surface area contributed by atoms with Crippen molar-refractivity contribution in [1.82, 2.24) is 14.7 Å². The van der Waals surface area contributed by atoms with Crippen LogP contribution in [0.1, 0.15) is 67.2 Å². The molecule has 3 aliphatic heterocycles. The summed E-state index contributed by atoms with van der Waals surface area (Å²) >= 11 is 0. The van der Waals surface area contributed by atoms with Gasteiger partial charge >= 0.3 is 0 Å². The van der Waals surface area contributed by atoms with Crippen molar-refractivity contribution in [2.75, 3.05) is 45.8 Å². The molecule has 0 atom stereocenters. The van der Waals surface area contributed by atoms with E-state index in [0.717, 1.165) is 17.9 Å². The Hall–Kier alpha value is -0.120. The zero-order valence-corrected chi connectivity index (χ0v) is 17.9. The SMILES string of the molecule is CC(C)(C)CN1CC(C2CCN(C3CCN(C(C)(C)C)CC3)CC2)C1. The first-order valence-corrected chi connectivity index (χ1v) is 10.8. The van der Waals surface area contributed by atoms with Crippen LogP contribution in [0.25, 0.3) is 0 Å². The second-order valence-electron chi connectivity index (χ2n) is 11.3. The van der Waals surface area contributed by atoms with Crippen LogP contribution in [0.15, 0.2) is 0 Å². The molecule has 0 amide bonds.